The minimum atomic E-state index is -0.325. The second-order valence-electron chi connectivity index (χ2n) is 4.81. The lowest BCUT2D eigenvalue weighted by atomic mass is 10.1. The van der Waals surface area contributed by atoms with Crippen molar-refractivity contribution in [3.8, 4) is 11.5 Å². The highest BCUT2D eigenvalue weighted by molar-refractivity contribution is 6.17. The number of rotatable bonds is 3. The van der Waals surface area contributed by atoms with Crippen LogP contribution in [0.3, 0.4) is 0 Å². The molecule has 0 amide bonds. The van der Waals surface area contributed by atoms with Gasteiger partial charge in [0.15, 0.2) is 0 Å². The number of fused-ring (bicyclic) bond motifs is 1. The Kier molecular flexibility index (Phi) is 3.43. The molecule has 2 aromatic carbocycles. The summed E-state index contributed by atoms with van der Waals surface area (Å²) in [6.45, 7) is 0. The SMILES string of the molecule is Fc1cc(CCl)cc(Oc2ccc3c(c2)CCC3)c1. The number of halogens is 2. The Balaban J connectivity index is 1.86. The molecular weight excluding hydrogens is 263 g/mol. The predicted octanol–water partition coefficient (Wildman–Crippen LogP) is 4.85. The van der Waals surface area contributed by atoms with Crippen molar-refractivity contribution in [1.82, 2.24) is 0 Å². The Hall–Kier alpha value is -1.54. The molecule has 3 heteroatoms. The highest BCUT2D eigenvalue weighted by Crippen LogP contribution is 2.29. The van der Waals surface area contributed by atoms with Gasteiger partial charge in [-0.25, -0.2) is 4.39 Å². The van der Waals surface area contributed by atoms with Gasteiger partial charge in [0.1, 0.15) is 17.3 Å². The zero-order valence-corrected chi connectivity index (χ0v) is 11.2. The van der Waals surface area contributed by atoms with E-state index in [1.807, 2.05) is 12.1 Å². The number of ether oxygens (including phenoxy) is 1. The molecule has 1 aliphatic rings. The van der Waals surface area contributed by atoms with Crippen molar-refractivity contribution in [2.45, 2.75) is 25.1 Å². The van der Waals surface area contributed by atoms with Gasteiger partial charge >= 0.3 is 0 Å². The molecule has 0 bridgehead atoms. The average Bonchev–Trinajstić information content (AvgIpc) is 2.85. The molecule has 0 aliphatic heterocycles. The van der Waals surface area contributed by atoms with Crippen LogP contribution < -0.4 is 4.74 Å². The molecule has 0 aromatic heterocycles. The summed E-state index contributed by atoms with van der Waals surface area (Å²) < 4.78 is 19.1. The van der Waals surface area contributed by atoms with Gasteiger partial charge in [-0.05, 0) is 60.2 Å². The zero-order chi connectivity index (χ0) is 13.2. The highest BCUT2D eigenvalue weighted by atomic mass is 35.5. The Morgan fingerprint density at radius 1 is 1.00 bits per heavy atom. The van der Waals surface area contributed by atoms with Gasteiger partial charge in [-0.2, -0.15) is 0 Å². The molecule has 0 fully saturated rings. The van der Waals surface area contributed by atoms with Crippen LogP contribution in [-0.4, -0.2) is 0 Å². The first kappa shape index (κ1) is 12.5. The number of hydrogen-bond acceptors (Lipinski definition) is 1. The van der Waals surface area contributed by atoms with Gasteiger partial charge in [-0.1, -0.05) is 6.07 Å². The molecule has 0 atom stereocenters. The fraction of sp³-hybridized carbons (Fsp3) is 0.250. The van der Waals surface area contributed by atoms with E-state index in [0.29, 0.717) is 5.75 Å². The van der Waals surface area contributed by atoms with Gasteiger partial charge in [0, 0.05) is 11.9 Å². The number of hydrogen-bond donors (Lipinski definition) is 0. The van der Waals surface area contributed by atoms with Crippen LogP contribution in [0.5, 0.6) is 11.5 Å². The van der Waals surface area contributed by atoms with E-state index in [4.69, 9.17) is 16.3 Å². The van der Waals surface area contributed by atoms with Gasteiger partial charge in [0.25, 0.3) is 0 Å². The molecule has 1 nitrogen and oxygen atoms in total. The molecule has 19 heavy (non-hydrogen) atoms. The standard InChI is InChI=1S/C16H14ClFO/c17-10-11-6-14(18)9-16(7-11)19-15-5-4-12-2-1-3-13(12)8-15/h4-9H,1-3,10H2. The van der Waals surface area contributed by atoms with Gasteiger partial charge in [0.2, 0.25) is 0 Å². The fourth-order valence-corrected chi connectivity index (χ4v) is 2.66. The lowest BCUT2D eigenvalue weighted by Crippen LogP contribution is -1.90. The molecule has 0 N–H and O–H groups in total. The summed E-state index contributed by atoms with van der Waals surface area (Å²) in [4.78, 5) is 0. The third-order valence-corrected chi connectivity index (χ3v) is 3.70. The van der Waals surface area contributed by atoms with Gasteiger partial charge < -0.3 is 4.74 Å². The molecule has 3 rings (SSSR count). The van der Waals surface area contributed by atoms with E-state index in [0.717, 1.165) is 24.2 Å². The van der Waals surface area contributed by atoms with E-state index in [9.17, 15) is 4.39 Å². The molecule has 0 radical (unpaired) electrons. The van der Waals surface area contributed by atoms with Crippen molar-refractivity contribution in [2.24, 2.45) is 0 Å². The lowest BCUT2D eigenvalue weighted by Gasteiger charge is -2.09. The number of alkyl halides is 1. The fourth-order valence-electron chi connectivity index (χ4n) is 2.50. The van der Waals surface area contributed by atoms with Crippen LogP contribution in [0.25, 0.3) is 0 Å². The van der Waals surface area contributed by atoms with E-state index < -0.39 is 0 Å². The Morgan fingerprint density at radius 2 is 1.84 bits per heavy atom. The second-order valence-corrected chi connectivity index (χ2v) is 5.08. The van der Waals surface area contributed by atoms with Crippen molar-refractivity contribution >= 4 is 11.6 Å². The van der Waals surface area contributed by atoms with Crippen molar-refractivity contribution in [3.63, 3.8) is 0 Å². The van der Waals surface area contributed by atoms with Crippen molar-refractivity contribution in [2.75, 3.05) is 0 Å². The number of benzene rings is 2. The van der Waals surface area contributed by atoms with Crippen LogP contribution in [0.2, 0.25) is 0 Å². The zero-order valence-electron chi connectivity index (χ0n) is 10.5. The summed E-state index contributed by atoms with van der Waals surface area (Å²) >= 11 is 5.73. The number of aryl methyl sites for hydroxylation is 2. The summed E-state index contributed by atoms with van der Waals surface area (Å²) in [5.41, 5.74) is 3.46. The Bertz CT molecular complexity index is 610. The lowest BCUT2D eigenvalue weighted by molar-refractivity contribution is 0.475. The van der Waals surface area contributed by atoms with E-state index in [1.165, 1.54) is 29.7 Å². The second kappa shape index (κ2) is 5.22. The summed E-state index contributed by atoms with van der Waals surface area (Å²) in [6, 6.07) is 10.7. The minimum Gasteiger partial charge on any atom is -0.457 e. The van der Waals surface area contributed by atoms with Crippen molar-refractivity contribution in [1.29, 1.82) is 0 Å². The van der Waals surface area contributed by atoms with Crippen LogP contribution in [0.1, 0.15) is 23.1 Å². The molecule has 0 saturated heterocycles. The quantitative estimate of drug-likeness (QED) is 0.729. The van der Waals surface area contributed by atoms with Crippen LogP contribution in [-0.2, 0) is 18.7 Å². The summed E-state index contributed by atoms with van der Waals surface area (Å²) in [5.74, 6) is 1.20. The topological polar surface area (TPSA) is 9.23 Å². The average molecular weight is 277 g/mol. The summed E-state index contributed by atoms with van der Waals surface area (Å²) in [7, 11) is 0. The predicted molar refractivity (Wildman–Crippen MR) is 74.5 cm³/mol. The third kappa shape index (κ3) is 2.74. The first-order chi connectivity index (χ1) is 9.24. The largest absolute Gasteiger partial charge is 0.457 e. The first-order valence-electron chi connectivity index (χ1n) is 6.40. The van der Waals surface area contributed by atoms with E-state index in [-0.39, 0.29) is 11.7 Å². The maximum absolute atomic E-state index is 13.4. The van der Waals surface area contributed by atoms with E-state index in [2.05, 4.69) is 6.07 Å². The Morgan fingerprint density at radius 3 is 2.68 bits per heavy atom. The maximum Gasteiger partial charge on any atom is 0.130 e. The van der Waals surface area contributed by atoms with Crippen molar-refractivity contribution < 1.29 is 9.13 Å². The Labute approximate surface area is 117 Å². The smallest absolute Gasteiger partial charge is 0.130 e. The van der Waals surface area contributed by atoms with E-state index >= 15 is 0 Å². The van der Waals surface area contributed by atoms with Crippen LogP contribution in [0.15, 0.2) is 36.4 Å². The molecule has 0 saturated carbocycles. The van der Waals surface area contributed by atoms with Gasteiger partial charge in [-0.3, -0.25) is 0 Å². The molecule has 0 unspecified atom stereocenters. The van der Waals surface area contributed by atoms with E-state index in [1.54, 1.807) is 6.07 Å². The molecule has 1 aliphatic carbocycles. The van der Waals surface area contributed by atoms with Gasteiger partial charge in [0.05, 0.1) is 0 Å². The third-order valence-electron chi connectivity index (χ3n) is 3.39. The molecule has 0 spiro atoms. The van der Waals surface area contributed by atoms with Crippen LogP contribution in [0.4, 0.5) is 4.39 Å². The first-order valence-corrected chi connectivity index (χ1v) is 6.93. The highest BCUT2D eigenvalue weighted by Gasteiger charge is 2.11. The summed E-state index contributed by atoms with van der Waals surface area (Å²) in [5, 5.41) is 0. The monoisotopic (exact) mass is 276 g/mol. The molecule has 98 valence electrons. The minimum absolute atomic E-state index is 0.276. The normalized spacial score (nSPS) is 13.4. The molecule has 0 heterocycles. The molecule has 2 aromatic rings. The molecular formula is C16H14ClFO. The van der Waals surface area contributed by atoms with Gasteiger partial charge in [-0.15, -0.1) is 11.6 Å². The van der Waals surface area contributed by atoms with Crippen molar-refractivity contribution in [3.05, 3.63) is 58.9 Å². The maximum atomic E-state index is 13.4. The van der Waals surface area contributed by atoms with Crippen LogP contribution in [0, 0.1) is 5.82 Å². The van der Waals surface area contributed by atoms with Crippen LogP contribution >= 0.6 is 11.6 Å². The summed E-state index contributed by atoms with van der Waals surface area (Å²) in [6.07, 6.45) is 3.45.